The summed E-state index contributed by atoms with van der Waals surface area (Å²) in [5, 5.41) is 0. The quantitative estimate of drug-likeness (QED) is 0.591. The van der Waals surface area contributed by atoms with E-state index in [2.05, 4.69) is 15.9 Å². The van der Waals surface area contributed by atoms with Crippen LogP contribution in [-0.2, 0) is 9.59 Å². The van der Waals surface area contributed by atoms with Crippen LogP contribution >= 0.6 is 15.9 Å². The third-order valence-electron chi connectivity index (χ3n) is 1.10. The van der Waals surface area contributed by atoms with Crippen LogP contribution in [0.3, 0.4) is 0 Å². The first-order valence-electron chi connectivity index (χ1n) is 3.80. The van der Waals surface area contributed by atoms with Gasteiger partial charge in [-0.3, -0.25) is 4.79 Å². The van der Waals surface area contributed by atoms with Crippen molar-refractivity contribution in [1.29, 1.82) is 0 Å². The van der Waals surface area contributed by atoms with Crippen molar-refractivity contribution in [2.45, 2.75) is 13.3 Å². The second-order valence-electron chi connectivity index (χ2n) is 2.37. The van der Waals surface area contributed by atoms with Gasteiger partial charge >= 0.3 is 0 Å². The molecule has 0 aliphatic heterocycles. The zero-order valence-electron chi connectivity index (χ0n) is 7.37. The van der Waals surface area contributed by atoms with E-state index >= 15 is 0 Å². The molecule has 0 N–H and O–H groups in total. The summed E-state index contributed by atoms with van der Waals surface area (Å²) in [5.41, 5.74) is 0. The third kappa shape index (κ3) is 8.95. The number of aldehydes is 1. The Morgan fingerprint density at radius 1 is 1.38 bits per heavy atom. The second-order valence-corrected chi connectivity index (χ2v) is 3.28. The minimum absolute atomic E-state index is 0.0556. The topological polar surface area (TPSA) is 34.1 Å². The molecule has 0 saturated carbocycles. The van der Waals surface area contributed by atoms with Gasteiger partial charge in [0.05, 0.1) is 6.42 Å². The maximum Gasteiger partial charge on any atom is 0.136 e. The molecule has 0 unspecified atom stereocenters. The lowest BCUT2D eigenvalue weighted by Gasteiger charge is -1.80. The van der Waals surface area contributed by atoms with E-state index in [0.29, 0.717) is 6.29 Å². The molecule has 0 aliphatic rings. The molecule has 13 heavy (non-hydrogen) atoms. The highest BCUT2D eigenvalue weighted by molar-refractivity contribution is 9.10. The fourth-order valence-electron chi connectivity index (χ4n) is 0.532. The number of Topliss-reactive ketones (excluding diaryl/α,β-unsaturated/α-hetero) is 1. The number of hydrogen-bond acceptors (Lipinski definition) is 2. The smallest absolute Gasteiger partial charge is 0.136 e. The fraction of sp³-hybridized carbons (Fsp3) is 0.200. The van der Waals surface area contributed by atoms with Crippen molar-refractivity contribution < 1.29 is 9.59 Å². The maximum atomic E-state index is 9.81. The summed E-state index contributed by atoms with van der Waals surface area (Å²) in [7, 11) is 0. The van der Waals surface area contributed by atoms with Gasteiger partial charge in [0.1, 0.15) is 12.1 Å². The summed E-state index contributed by atoms with van der Waals surface area (Å²) >= 11 is 3.31. The molecule has 0 aromatic heterocycles. The van der Waals surface area contributed by atoms with Crippen LogP contribution in [0.2, 0.25) is 0 Å². The number of hydrogen-bond donors (Lipinski definition) is 0. The molecule has 2 nitrogen and oxygen atoms in total. The van der Waals surface area contributed by atoms with Crippen molar-refractivity contribution in [2.24, 2.45) is 0 Å². The molecule has 0 amide bonds. The van der Waals surface area contributed by atoms with Crippen molar-refractivity contribution in [2.75, 3.05) is 0 Å². The SMILES string of the molecule is Brc1ccccc1.CC(=O)CC=O. The van der Waals surface area contributed by atoms with Crippen LogP contribution < -0.4 is 0 Å². The van der Waals surface area contributed by atoms with E-state index in [9.17, 15) is 9.59 Å². The molecule has 0 saturated heterocycles. The Kier molecular flexibility index (Phi) is 7.11. The first-order chi connectivity index (χ1) is 6.16. The molecule has 1 aromatic rings. The van der Waals surface area contributed by atoms with E-state index < -0.39 is 0 Å². The first kappa shape index (κ1) is 12.0. The van der Waals surface area contributed by atoms with Crippen LogP contribution in [0.1, 0.15) is 13.3 Å². The van der Waals surface area contributed by atoms with Gasteiger partial charge in [-0.05, 0) is 19.1 Å². The summed E-state index contributed by atoms with van der Waals surface area (Å²) in [6.07, 6.45) is 0.655. The van der Waals surface area contributed by atoms with Crippen molar-refractivity contribution in [3.05, 3.63) is 34.8 Å². The van der Waals surface area contributed by atoms with Crippen LogP contribution in [0, 0.1) is 0 Å². The van der Waals surface area contributed by atoms with Gasteiger partial charge < -0.3 is 4.79 Å². The highest BCUT2D eigenvalue weighted by atomic mass is 79.9. The lowest BCUT2D eigenvalue weighted by atomic mass is 10.3. The van der Waals surface area contributed by atoms with E-state index in [4.69, 9.17) is 0 Å². The molecule has 70 valence electrons. The average molecular weight is 243 g/mol. The lowest BCUT2D eigenvalue weighted by Crippen LogP contribution is -1.87. The fourth-order valence-corrected chi connectivity index (χ4v) is 0.837. The summed E-state index contributed by atoms with van der Waals surface area (Å²) in [5.74, 6) is -0.0787. The molecule has 0 heterocycles. The second kappa shape index (κ2) is 7.68. The van der Waals surface area contributed by atoms with E-state index in [-0.39, 0.29) is 12.2 Å². The summed E-state index contributed by atoms with van der Waals surface area (Å²) in [4.78, 5) is 19.2. The normalized spacial score (nSPS) is 8.15. The molecule has 1 rings (SSSR count). The van der Waals surface area contributed by atoms with E-state index in [0.717, 1.165) is 4.47 Å². The third-order valence-corrected chi connectivity index (χ3v) is 1.63. The van der Waals surface area contributed by atoms with Crippen LogP contribution in [0.15, 0.2) is 34.8 Å². The van der Waals surface area contributed by atoms with Gasteiger partial charge in [0, 0.05) is 4.47 Å². The number of carbonyl (C=O) groups is 2. The Morgan fingerprint density at radius 3 is 2.08 bits per heavy atom. The Balaban J connectivity index is 0.000000226. The van der Waals surface area contributed by atoms with E-state index in [1.165, 1.54) is 6.92 Å². The molecule has 0 bridgehead atoms. The molecular formula is C10H11BrO2. The molecule has 0 atom stereocenters. The molecule has 0 fully saturated rings. The number of halogens is 1. The van der Waals surface area contributed by atoms with Gasteiger partial charge in [-0.1, -0.05) is 34.1 Å². The number of ketones is 1. The largest absolute Gasteiger partial charge is 0.303 e. The minimum atomic E-state index is -0.0787. The van der Waals surface area contributed by atoms with Crippen LogP contribution in [-0.4, -0.2) is 12.1 Å². The van der Waals surface area contributed by atoms with Gasteiger partial charge in [0.2, 0.25) is 0 Å². The molecule has 3 heteroatoms. The number of benzene rings is 1. The van der Waals surface area contributed by atoms with Gasteiger partial charge in [0.25, 0.3) is 0 Å². The van der Waals surface area contributed by atoms with Gasteiger partial charge in [0.15, 0.2) is 0 Å². The Morgan fingerprint density at radius 2 is 1.92 bits per heavy atom. The summed E-state index contributed by atoms with van der Waals surface area (Å²) in [6.45, 7) is 1.38. The lowest BCUT2D eigenvalue weighted by molar-refractivity contribution is -0.120. The van der Waals surface area contributed by atoms with E-state index in [1.807, 2.05) is 30.3 Å². The number of rotatable bonds is 2. The van der Waals surface area contributed by atoms with E-state index in [1.54, 1.807) is 0 Å². The van der Waals surface area contributed by atoms with Crippen LogP contribution in [0.4, 0.5) is 0 Å². The molecule has 0 spiro atoms. The van der Waals surface area contributed by atoms with Gasteiger partial charge in [-0.2, -0.15) is 0 Å². The zero-order valence-corrected chi connectivity index (χ0v) is 8.95. The molecule has 0 aliphatic carbocycles. The van der Waals surface area contributed by atoms with Gasteiger partial charge in [-0.15, -0.1) is 0 Å². The summed E-state index contributed by atoms with van der Waals surface area (Å²) < 4.78 is 1.13. The monoisotopic (exact) mass is 242 g/mol. The highest BCUT2D eigenvalue weighted by Crippen LogP contribution is 2.05. The maximum absolute atomic E-state index is 9.81. The van der Waals surface area contributed by atoms with Crippen molar-refractivity contribution >= 4 is 28.0 Å². The van der Waals surface area contributed by atoms with Crippen LogP contribution in [0.5, 0.6) is 0 Å². The zero-order chi connectivity index (χ0) is 10.1. The molecule has 1 aromatic carbocycles. The predicted molar refractivity (Wildman–Crippen MR) is 55.5 cm³/mol. The standard InChI is InChI=1S/C6H5Br.C4H6O2/c7-6-4-2-1-3-5-6;1-4(6)2-3-5/h1-5H;3H,2H2,1H3. The Bertz CT molecular complexity index is 257. The Labute approximate surface area is 86.1 Å². The van der Waals surface area contributed by atoms with Gasteiger partial charge in [-0.25, -0.2) is 0 Å². The summed E-state index contributed by atoms with van der Waals surface area (Å²) in [6, 6.07) is 9.97. The highest BCUT2D eigenvalue weighted by Gasteiger charge is 1.83. The predicted octanol–water partition coefficient (Wildman–Crippen LogP) is 2.61. The minimum Gasteiger partial charge on any atom is -0.303 e. The van der Waals surface area contributed by atoms with Crippen LogP contribution in [0.25, 0.3) is 0 Å². The van der Waals surface area contributed by atoms with Crippen molar-refractivity contribution in [3.63, 3.8) is 0 Å². The van der Waals surface area contributed by atoms with Crippen molar-refractivity contribution in [1.82, 2.24) is 0 Å². The van der Waals surface area contributed by atoms with Crippen molar-refractivity contribution in [3.8, 4) is 0 Å². The average Bonchev–Trinajstić information content (AvgIpc) is 2.06. The number of carbonyl (C=O) groups excluding carboxylic acids is 2. The molecular weight excluding hydrogens is 232 g/mol. The first-order valence-corrected chi connectivity index (χ1v) is 4.59. The molecule has 0 radical (unpaired) electrons. The Hall–Kier alpha value is -0.960.